The first-order chi connectivity index (χ1) is 10.0. The molecule has 0 amide bonds. The number of hydrogen-bond donors (Lipinski definition) is 3. The van der Waals surface area contributed by atoms with Gasteiger partial charge in [0, 0.05) is 28.4 Å². The number of nitrogens with one attached hydrogen (secondary N) is 1. The summed E-state index contributed by atoms with van der Waals surface area (Å²) in [4.78, 5) is 0. The molecule has 4 nitrogen and oxygen atoms in total. The minimum absolute atomic E-state index is 0.128. The molecule has 112 valence electrons. The van der Waals surface area contributed by atoms with Gasteiger partial charge < -0.3 is 20.3 Å². The fourth-order valence-corrected chi connectivity index (χ4v) is 2.67. The van der Waals surface area contributed by atoms with Crippen LogP contribution in [0.25, 0.3) is 0 Å². The summed E-state index contributed by atoms with van der Waals surface area (Å²) in [5.74, 6) is 0.277. The van der Waals surface area contributed by atoms with Gasteiger partial charge in [0.15, 0.2) is 0 Å². The number of anilines is 1. The molecule has 0 fully saturated rings. The van der Waals surface area contributed by atoms with Crippen molar-refractivity contribution < 1.29 is 14.9 Å². The molecular weight excluding hydrogens is 334 g/mol. The van der Waals surface area contributed by atoms with Gasteiger partial charge in [-0.1, -0.05) is 22.0 Å². The molecule has 0 aliphatic carbocycles. The lowest BCUT2D eigenvalue weighted by molar-refractivity contribution is 0.185. The lowest BCUT2D eigenvalue weighted by Gasteiger charge is -2.20. The van der Waals surface area contributed by atoms with Crippen LogP contribution in [0.2, 0.25) is 0 Å². The third kappa shape index (κ3) is 3.68. The molecule has 0 saturated heterocycles. The normalized spacial score (nSPS) is 12.1. The molecule has 2 rings (SSSR count). The third-order valence-corrected chi connectivity index (χ3v) is 4.00. The van der Waals surface area contributed by atoms with E-state index >= 15 is 0 Å². The van der Waals surface area contributed by atoms with Crippen LogP contribution >= 0.6 is 15.9 Å². The first-order valence-corrected chi connectivity index (χ1v) is 7.37. The summed E-state index contributed by atoms with van der Waals surface area (Å²) in [7, 11) is 1.65. The zero-order chi connectivity index (χ0) is 15.4. The van der Waals surface area contributed by atoms with E-state index in [0.717, 1.165) is 15.7 Å². The molecule has 0 aliphatic rings. The van der Waals surface area contributed by atoms with Crippen molar-refractivity contribution in [2.45, 2.75) is 19.6 Å². The highest BCUT2D eigenvalue weighted by Gasteiger charge is 2.14. The maximum absolute atomic E-state index is 9.93. The van der Waals surface area contributed by atoms with Crippen LogP contribution < -0.4 is 5.32 Å². The maximum Gasteiger partial charge on any atom is 0.121 e. The Morgan fingerprint density at radius 3 is 2.71 bits per heavy atom. The van der Waals surface area contributed by atoms with Gasteiger partial charge in [0.05, 0.1) is 12.6 Å². The number of benzene rings is 2. The lowest BCUT2D eigenvalue weighted by atomic mass is 10.1. The van der Waals surface area contributed by atoms with Crippen LogP contribution in [0.15, 0.2) is 40.9 Å². The van der Waals surface area contributed by atoms with Crippen molar-refractivity contribution >= 4 is 21.6 Å². The molecule has 21 heavy (non-hydrogen) atoms. The Labute approximate surface area is 132 Å². The van der Waals surface area contributed by atoms with Crippen molar-refractivity contribution in [1.82, 2.24) is 0 Å². The molecule has 0 heterocycles. The second kappa shape index (κ2) is 6.83. The predicted molar refractivity (Wildman–Crippen MR) is 86.7 cm³/mol. The van der Waals surface area contributed by atoms with Gasteiger partial charge in [0.25, 0.3) is 0 Å². The number of hydrogen-bond acceptors (Lipinski definition) is 4. The maximum atomic E-state index is 9.93. The topological polar surface area (TPSA) is 61.7 Å². The van der Waals surface area contributed by atoms with Crippen molar-refractivity contribution in [2.75, 3.05) is 12.4 Å². The van der Waals surface area contributed by atoms with Crippen molar-refractivity contribution in [2.24, 2.45) is 0 Å². The van der Waals surface area contributed by atoms with Crippen molar-refractivity contribution in [3.8, 4) is 11.5 Å². The Morgan fingerprint density at radius 1 is 1.24 bits per heavy atom. The molecule has 0 radical (unpaired) electrons. The summed E-state index contributed by atoms with van der Waals surface area (Å²) < 4.78 is 6.18. The number of phenolic OH excluding ortho intramolecular Hbond substituents is 2. The Kier molecular flexibility index (Phi) is 5.09. The highest BCUT2D eigenvalue weighted by molar-refractivity contribution is 9.10. The zero-order valence-corrected chi connectivity index (χ0v) is 13.5. The van der Waals surface area contributed by atoms with Crippen LogP contribution in [0.4, 0.5) is 5.69 Å². The van der Waals surface area contributed by atoms with Crippen molar-refractivity contribution in [3.63, 3.8) is 0 Å². The Morgan fingerprint density at radius 2 is 2.00 bits per heavy atom. The highest BCUT2D eigenvalue weighted by atomic mass is 79.9. The molecule has 0 aromatic heterocycles. The van der Waals surface area contributed by atoms with Crippen molar-refractivity contribution in [3.05, 3.63) is 52.0 Å². The zero-order valence-electron chi connectivity index (χ0n) is 11.9. The Hall–Kier alpha value is -1.72. The SMILES string of the molecule is COCc1c(Br)cccc1NC(C)c1cc(O)ccc1O. The molecule has 2 aromatic carbocycles. The molecule has 3 N–H and O–H groups in total. The largest absolute Gasteiger partial charge is 0.508 e. The average molecular weight is 352 g/mol. The van der Waals surface area contributed by atoms with Gasteiger partial charge in [-0.05, 0) is 37.3 Å². The average Bonchev–Trinajstić information content (AvgIpc) is 2.45. The van der Waals surface area contributed by atoms with E-state index < -0.39 is 0 Å². The Balaban J connectivity index is 2.29. The van der Waals surface area contributed by atoms with E-state index in [1.807, 2.05) is 25.1 Å². The number of phenols is 2. The molecule has 2 aromatic rings. The molecule has 5 heteroatoms. The number of methoxy groups -OCH3 is 1. The van der Waals surface area contributed by atoms with Gasteiger partial charge in [-0.3, -0.25) is 0 Å². The molecular formula is C16H18BrNO3. The standard InChI is InChI=1S/C16H18BrNO3/c1-10(12-8-11(19)6-7-16(12)20)18-15-5-3-4-14(17)13(15)9-21-2/h3-8,10,18-20H,9H2,1-2H3. The highest BCUT2D eigenvalue weighted by Crippen LogP contribution is 2.32. The number of aromatic hydroxyl groups is 2. The fraction of sp³-hybridized carbons (Fsp3) is 0.250. The quantitative estimate of drug-likeness (QED) is 0.707. The third-order valence-electron chi connectivity index (χ3n) is 3.26. The number of rotatable bonds is 5. The van der Waals surface area contributed by atoms with Crippen molar-refractivity contribution in [1.29, 1.82) is 0 Å². The molecule has 1 unspecified atom stereocenters. The van der Waals surface area contributed by atoms with Crippen LogP contribution in [-0.4, -0.2) is 17.3 Å². The van der Waals surface area contributed by atoms with E-state index in [0.29, 0.717) is 12.2 Å². The molecule has 0 aliphatic heterocycles. The van der Waals surface area contributed by atoms with Crippen LogP contribution in [0.1, 0.15) is 24.1 Å². The smallest absolute Gasteiger partial charge is 0.121 e. The molecule has 0 bridgehead atoms. The van der Waals surface area contributed by atoms with E-state index in [9.17, 15) is 10.2 Å². The predicted octanol–water partition coefficient (Wildman–Crippen LogP) is 4.18. The van der Waals surface area contributed by atoms with Gasteiger partial charge in [-0.25, -0.2) is 0 Å². The van der Waals surface area contributed by atoms with Gasteiger partial charge in [0.1, 0.15) is 11.5 Å². The summed E-state index contributed by atoms with van der Waals surface area (Å²) in [6, 6.07) is 10.2. The summed E-state index contributed by atoms with van der Waals surface area (Å²) in [5.41, 5.74) is 2.56. The van der Waals surface area contributed by atoms with Crippen LogP contribution in [-0.2, 0) is 11.3 Å². The first-order valence-electron chi connectivity index (χ1n) is 6.57. The van der Waals surface area contributed by atoms with Crippen LogP contribution in [0, 0.1) is 0 Å². The van der Waals surface area contributed by atoms with E-state index in [-0.39, 0.29) is 17.5 Å². The summed E-state index contributed by atoms with van der Waals surface area (Å²) in [5, 5.41) is 22.8. The van der Waals surface area contributed by atoms with E-state index in [2.05, 4.69) is 21.2 Å². The lowest BCUT2D eigenvalue weighted by Crippen LogP contribution is -2.09. The van der Waals surface area contributed by atoms with E-state index in [4.69, 9.17) is 4.74 Å². The molecule has 0 saturated carbocycles. The monoisotopic (exact) mass is 351 g/mol. The van der Waals surface area contributed by atoms with Crippen LogP contribution in [0.5, 0.6) is 11.5 Å². The van der Waals surface area contributed by atoms with Gasteiger partial charge in [-0.15, -0.1) is 0 Å². The number of ether oxygens (including phenoxy) is 1. The molecule has 1 atom stereocenters. The minimum Gasteiger partial charge on any atom is -0.508 e. The number of halogens is 1. The minimum atomic E-state index is -0.165. The second-order valence-electron chi connectivity index (χ2n) is 4.81. The fourth-order valence-electron chi connectivity index (χ4n) is 2.18. The summed E-state index contributed by atoms with van der Waals surface area (Å²) in [6.07, 6.45) is 0. The summed E-state index contributed by atoms with van der Waals surface area (Å²) >= 11 is 3.51. The van der Waals surface area contributed by atoms with Gasteiger partial charge in [-0.2, -0.15) is 0 Å². The van der Waals surface area contributed by atoms with Gasteiger partial charge in [0.2, 0.25) is 0 Å². The second-order valence-corrected chi connectivity index (χ2v) is 5.66. The van der Waals surface area contributed by atoms with E-state index in [1.54, 1.807) is 13.2 Å². The first kappa shape index (κ1) is 15.7. The molecule has 0 spiro atoms. The van der Waals surface area contributed by atoms with Crippen LogP contribution in [0.3, 0.4) is 0 Å². The van der Waals surface area contributed by atoms with Gasteiger partial charge >= 0.3 is 0 Å². The van der Waals surface area contributed by atoms with E-state index in [1.165, 1.54) is 12.1 Å². The Bertz CT molecular complexity index is 631. The summed E-state index contributed by atoms with van der Waals surface area (Å²) in [6.45, 7) is 2.40.